The van der Waals surface area contributed by atoms with Gasteiger partial charge in [-0.15, -0.1) is 0 Å². The van der Waals surface area contributed by atoms with Gasteiger partial charge in [0.2, 0.25) is 0 Å². The van der Waals surface area contributed by atoms with Crippen LogP contribution >= 0.6 is 0 Å². The predicted molar refractivity (Wildman–Crippen MR) is 107 cm³/mol. The van der Waals surface area contributed by atoms with Crippen LogP contribution in [0, 0.1) is 5.82 Å². The van der Waals surface area contributed by atoms with Gasteiger partial charge in [0.05, 0.1) is 29.9 Å². The first-order valence-corrected chi connectivity index (χ1v) is 10.9. The predicted octanol–water partition coefficient (Wildman–Crippen LogP) is 2.73. The first kappa shape index (κ1) is 19.1. The molecule has 1 amide bonds. The van der Waals surface area contributed by atoms with E-state index in [9.17, 15) is 17.6 Å². The molecule has 0 saturated carbocycles. The van der Waals surface area contributed by atoms with Gasteiger partial charge in [0, 0.05) is 17.4 Å². The quantitative estimate of drug-likeness (QED) is 0.692. The molecule has 1 aromatic heterocycles. The molecular weight excluding hydrogens is 397 g/mol. The van der Waals surface area contributed by atoms with Crippen LogP contribution in [0.1, 0.15) is 0 Å². The number of nitrogens with one attached hydrogen (secondary N) is 1. The van der Waals surface area contributed by atoms with Gasteiger partial charge in [0.25, 0.3) is 5.91 Å². The van der Waals surface area contributed by atoms with Crippen LogP contribution in [0.5, 0.6) is 5.75 Å². The zero-order valence-electron chi connectivity index (χ0n) is 15.6. The van der Waals surface area contributed by atoms with E-state index in [1.54, 1.807) is 35.1 Å². The van der Waals surface area contributed by atoms with E-state index >= 15 is 0 Å². The molecule has 0 bridgehead atoms. The summed E-state index contributed by atoms with van der Waals surface area (Å²) in [4.78, 5) is 11.6. The summed E-state index contributed by atoms with van der Waals surface area (Å²) in [7, 11) is -3.19. The highest BCUT2D eigenvalue weighted by Crippen LogP contribution is 2.37. The van der Waals surface area contributed by atoms with E-state index in [4.69, 9.17) is 4.74 Å². The Bertz CT molecular complexity index is 1190. The first-order valence-electron chi connectivity index (χ1n) is 8.87. The number of aromatic nitrogens is 2. The maximum atomic E-state index is 13.4. The van der Waals surface area contributed by atoms with Gasteiger partial charge < -0.3 is 10.1 Å². The molecule has 1 aliphatic rings. The molecule has 1 N–H and O–H groups in total. The van der Waals surface area contributed by atoms with Gasteiger partial charge in [-0.05, 0) is 42.0 Å². The molecule has 0 radical (unpaired) electrons. The second-order valence-corrected chi connectivity index (χ2v) is 9.07. The standard InChI is InChI=1S/C20H18FN3O4S/c1-29(26,27)9-8-24-20(13-2-5-15(21)6-3-13)16(11-22-24)14-4-7-18-17(10-14)23-19(25)12-28-18/h2-7,10-11H,8-9,12H2,1H3,(H,23,25). The Hall–Kier alpha value is -3.20. The number of halogens is 1. The number of nitrogens with zero attached hydrogens (tertiary/aromatic N) is 2. The summed E-state index contributed by atoms with van der Waals surface area (Å²) in [6.07, 6.45) is 2.80. The second kappa shape index (κ2) is 7.32. The number of carbonyl (C=O) groups is 1. The minimum Gasteiger partial charge on any atom is -0.482 e. The van der Waals surface area contributed by atoms with Gasteiger partial charge in [-0.2, -0.15) is 5.10 Å². The summed E-state index contributed by atoms with van der Waals surface area (Å²) in [5.74, 6) is -0.110. The summed E-state index contributed by atoms with van der Waals surface area (Å²) in [6.45, 7) is 0.132. The largest absolute Gasteiger partial charge is 0.482 e. The molecule has 150 valence electrons. The summed E-state index contributed by atoms with van der Waals surface area (Å²) in [5, 5.41) is 7.13. The molecule has 7 nitrogen and oxygen atoms in total. The third kappa shape index (κ3) is 4.14. The molecule has 0 atom stereocenters. The van der Waals surface area contributed by atoms with Gasteiger partial charge in [-0.3, -0.25) is 9.48 Å². The van der Waals surface area contributed by atoms with E-state index in [2.05, 4.69) is 10.4 Å². The third-order valence-electron chi connectivity index (χ3n) is 4.55. The molecule has 1 aliphatic heterocycles. The van der Waals surface area contributed by atoms with Crippen LogP contribution in [0.3, 0.4) is 0 Å². The fraction of sp³-hybridized carbons (Fsp3) is 0.200. The van der Waals surface area contributed by atoms with Crippen molar-refractivity contribution in [3.05, 3.63) is 54.5 Å². The SMILES string of the molecule is CS(=O)(=O)CCn1ncc(-c2ccc3c(c2)NC(=O)CO3)c1-c1ccc(F)cc1. The van der Waals surface area contributed by atoms with E-state index in [1.165, 1.54) is 18.4 Å². The number of hydrogen-bond donors (Lipinski definition) is 1. The lowest BCUT2D eigenvalue weighted by atomic mass is 10.0. The van der Waals surface area contributed by atoms with E-state index in [0.717, 1.165) is 11.1 Å². The number of aryl methyl sites for hydroxylation is 1. The van der Waals surface area contributed by atoms with Crippen LogP contribution in [-0.4, -0.2) is 42.7 Å². The number of sulfone groups is 1. The maximum Gasteiger partial charge on any atom is 0.262 e. The summed E-state index contributed by atoms with van der Waals surface area (Å²) in [6, 6.07) is 11.3. The average molecular weight is 415 g/mol. The highest BCUT2D eigenvalue weighted by Gasteiger charge is 2.20. The van der Waals surface area contributed by atoms with E-state index in [1.807, 2.05) is 6.07 Å². The molecular formula is C20H18FN3O4S. The molecule has 2 aromatic carbocycles. The van der Waals surface area contributed by atoms with Crippen molar-refractivity contribution in [3.8, 4) is 28.1 Å². The van der Waals surface area contributed by atoms with Crippen LogP contribution in [0.25, 0.3) is 22.4 Å². The fourth-order valence-electron chi connectivity index (χ4n) is 3.18. The number of benzene rings is 2. The zero-order chi connectivity index (χ0) is 20.6. The highest BCUT2D eigenvalue weighted by molar-refractivity contribution is 7.90. The van der Waals surface area contributed by atoms with Crippen LogP contribution in [0.4, 0.5) is 10.1 Å². The smallest absolute Gasteiger partial charge is 0.262 e. The van der Waals surface area contributed by atoms with E-state index in [-0.39, 0.29) is 30.6 Å². The van der Waals surface area contributed by atoms with E-state index < -0.39 is 9.84 Å². The van der Waals surface area contributed by atoms with Crippen molar-refractivity contribution in [2.45, 2.75) is 6.54 Å². The lowest BCUT2D eigenvalue weighted by Gasteiger charge is -2.18. The molecule has 3 aromatic rings. The molecule has 0 fully saturated rings. The van der Waals surface area contributed by atoms with Crippen LogP contribution in [-0.2, 0) is 21.2 Å². The van der Waals surface area contributed by atoms with Crippen LogP contribution in [0.15, 0.2) is 48.7 Å². The monoisotopic (exact) mass is 415 g/mol. The van der Waals surface area contributed by atoms with E-state index in [0.29, 0.717) is 22.7 Å². The highest BCUT2D eigenvalue weighted by atomic mass is 32.2. The van der Waals surface area contributed by atoms with Crippen molar-refractivity contribution in [3.63, 3.8) is 0 Å². The molecule has 2 heterocycles. The molecule has 4 rings (SSSR count). The van der Waals surface area contributed by atoms with Crippen molar-refractivity contribution in [2.24, 2.45) is 0 Å². The van der Waals surface area contributed by atoms with Gasteiger partial charge in [0.1, 0.15) is 21.4 Å². The molecule has 0 aliphatic carbocycles. The summed E-state index contributed by atoms with van der Waals surface area (Å²) < 4.78 is 43.7. The Balaban J connectivity index is 1.81. The number of amides is 1. The van der Waals surface area contributed by atoms with Crippen LogP contribution < -0.4 is 10.1 Å². The van der Waals surface area contributed by atoms with Crippen molar-refractivity contribution in [1.29, 1.82) is 0 Å². The normalized spacial score (nSPS) is 13.5. The molecule has 0 unspecified atom stereocenters. The van der Waals surface area contributed by atoms with Crippen molar-refractivity contribution in [1.82, 2.24) is 9.78 Å². The van der Waals surface area contributed by atoms with Crippen LogP contribution in [0.2, 0.25) is 0 Å². The van der Waals surface area contributed by atoms with Gasteiger partial charge in [-0.1, -0.05) is 6.07 Å². The molecule has 0 spiro atoms. The lowest BCUT2D eigenvalue weighted by Crippen LogP contribution is -2.25. The summed E-state index contributed by atoms with van der Waals surface area (Å²) >= 11 is 0. The topological polar surface area (TPSA) is 90.3 Å². The van der Waals surface area contributed by atoms with Gasteiger partial charge >= 0.3 is 0 Å². The first-order chi connectivity index (χ1) is 13.8. The Morgan fingerprint density at radius 1 is 1.17 bits per heavy atom. The van der Waals surface area contributed by atoms with Gasteiger partial charge in [0.15, 0.2) is 6.61 Å². The minimum atomic E-state index is -3.19. The Morgan fingerprint density at radius 3 is 2.62 bits per heavy atom. The molecule has 9 heteroatoms. The summed E-state index contributed by atoms with van der Waals surface area (Å²) in [5.41, 5.74) is 3.40. The van der Waals surface area contributed by atoms with Crippen molar-refractivity contribution in [2.75, 3.05) is 23.9 Å². The second-order valence-electron chi connectivity index (χ2n) is 6.81. The number of ether oxygens (including phenoxy) is 1. The number of rotatable bonds is 5. The number of carbonyl (C=O) groups excluding carboxylic acids is 1. The van der Waals surface area contributed by atoms with Crippen molar-refractivity contribution < 1.29 is 22.3 Å². The number of fused-ring (bicyclic) bond motifs is 1. The Morgan fingerprint density at radius 2 is 1.90 bits per heavy atom. The number of hydrogen-bond acceptors (Lipinski definition) is 5. The molecule has 29 heavy (non-hydrogen) atoms. The number of anilines is 1. The van der Waals surface area contributed by atoms with Crippen molar-refractivity contribution >= 4 is 21.4 Å². The third-order valence-corrected chi connectivity index (χ3v) is 5.48. The average Bonchev–Trinajstić information content (AvgIpc) is 3.10. The zero-order valence-corrected chi connectivity index (χ0v) is 16.4. The maximum absolute atomic E-state index is 13.4. The minimum absolute atomic E-state index is 0.0312. The fourth-order valence-corrected chi connectivity index (χ4v) is 3.69. The van der Waals surface area contributed by atoms with Gasteiger partial charge in [-0.25, -0.2) is 12.8 Å². The Kier molecular flexibility index (Phi) is 4.83. The lowest BCUT2D eigenvalue weighted by molar-refractivity contribution is -0.118. The Labute approximate surface area is 167 Å². The molecule has 0 saturated heterocycles.